The average Bonchev–Trinajstić information content (AvgIpc) is 2.95. The van der Waals surface area contributed by atoms with E-state index in [-0.39, 0.29) is 5.70 Å². The van der Waals surface area contributed by atoms with Crippen LogP contribution in [0.2, 0.25) is 0 Å². The third-order valence-corrected chi connectivity index (χ3v) is 4.15. The molecule has 0 aliphatic carbocycles. The molecule has 2 aliphatic heterocycles. The largest absolute Gasteiger partial charge is 0.493 e. The number of fused-ring (bicyclic) bond motifs is 1. The third-order valence-electron chi connectivity index (χ3n) is 4.15. The summed E-state index contributed by atoms with van der Waals surface area (Å²) in [4.78, 5) is 5.53. The molecule has 0 spiro atoms. The Kier molecular flexibility index (Phi) is 4.17. The van der Waals surface area contributed by atoms with Crippen LogP contribution in [-0.2, 0) is 11.2 Å². The van der Waals surface area contributed by atoms with Gasteiger partial charge in [-0.2, -0.15) is 0 Å². The van der Waals surface area contributed by atoms with E-state index in [2.05, 4.69) is 35.0 Å². The van der Waals surface area contributed by atoms with E-state index < -0.39 is 0 Å². The molecule has 2 heterocycles. The average molecular weight is 303 g/mol. The van der Waals surface area contributed by atoms with Crippen molar-refractivity contribution in [3.05, 3.63) is 69.9 Å². The van der Waals surface area contributed by atoms with Crippen molar-refractivity contribution in [2.24, 2.45) is 0 Å². The van der Waals surface area contributed by atoms with E-state index in [4.69, 9.17) is 16.6 Å². The van der Waals surface area contributed by atoms with Crippen molar-refractivity contribution in [3.63, 3.8) is 0 Å². The molecular weight excluding hydrogens is 286 g/mol. The Morgan fingerprint density at radius 1 is 1.39 bits per heavy atom. The molecule has 0 amide bonds. The first-order chi connectivity index (χ1) is 11.2. The van der Waals surface area contributed by atoms with Gasteiger partial charge in [0.05, 0.1) is 19.2 Å². The lowest BCUT2D eigenvalue weighted by Gasteiger charge is -2.15. The number of benzene rings is 1. The molecule has 0 aromatic heterocycles. The summed E-state index contributed by atoms with van der Waals surface area (Å²) >= 11 is 0. The topological polar surface area (TPSA) is 40.6 Å². The summed E-state index contributed by atoms with van der Waals surface area (Å²) in [6, 6.07) is 8.39. The number of nitriles is 1. The van der Waals surface area contributed by atoms with Crippen LogP contribution in [0.1, 0.15) is 17.5 Å². The van der Waals surface area contributed by atoms with Crippen molar-refractivity contribution < 1.29 is 4.74 Å². The Labute approximate surface area is 136 Å². The second kappa shape index (κ2) is 6.42. The number of anilines is 1. The maximum absolute atomic E-state index is 8.97. The number of nitrogens with zero attached hydrogens (tertiary/aromatic N) is 3. The van der Waals surface area contributed by atoms with Gasteiger partial charge in [-0.05, 0) is 53.8 Å². The van der Waals surface area contributed by atoms with Crippen molar-refractivity contribution in [1.82, 2.24) is 0 Å². The van der Waals surface area contributed by atoms with Crippen molar-refractivity contribution in [2.75, 3.05) is 25.1 Å². The lowest BCUT2D eigenvalue weighted by molar-refractivity contribution is 0.219. The van der Waals surface area contributed by atoms with Gasteiger partial charge < -0.3 is 9.64 Å². The van der Waals surface area contributed by atoms with Crippen molar-refractivity contribution in [2.45, 2.75) is 12.8 Å². The van der Waals surface area contributed by atoms with Gasteiger partial charge in [0.1, 0.15) is 5.76 Å². The Hall–Kier alpha value is -2.98. The summed E-state index contributed by atoms with van der Waals surface area (Å²) in [5.74, 6) is 0.695. The SMILES string of the molecule is [C-]#[N+]/C(C#N)=C1C=C(/C=C/c2ccc3c(c2)CCN3C)OCC/1. The number of hydrogen-bond donors (Lipinski definition) is 0. The van der Waals surface area contributed by atoms with Crippen molar-refractivity contribution in [3.8, 4) is 6.07 Å². The standard InChI is InChI=1S/C19H17N3O/c1-21-18(13-20)15-8-10-23-17(12-15)5-3-14-4-6-19-16(11-14)7-9-22(19)2/h3-6,11-12H,7-10H2,2H3/b5-3+,18-15+. The van der Waals surface area contributed by atoms with E-state index in [0.717, 1.165) is 24.1 Å². The van der Waals surface area contributed by atoms with Gasteiger partial charge >= 0.3 is 0 Å². The summed E-state index contributed by atoms with van der Waals surface area (Å²) in [5.41, 5.74) is 4.71. The highest BCUT2D eigenvalue weighted by molar-refractivity contribution is 5.64. The van der Waals surface area contributed by atoms with Crippen LogP contribution < -0.4 is 4.90 Å². The Morgan fingerprint density at radius 2 is 2.26 bits per heavy atom. The highest BCUT2D eigenvalue weighted by Crippen LogP contribution is 2.28. The number of ether oxygens (including phenoxy) is 1. The molecule has 0 fully saturated rings. The Bertz CT molecular complexity index is 787. The maximum Gasteiger partial charge on any atom is 0.265 e. The van der Waals surface area contributed by atoms with E-state index >= 15 is 0 Å². The highest BCUT2D eigenvalue weighted by Gasteiger charge is 2.15. The maximum atomic E-state index is 8.97. The second-order valence-corrected chi connectivity index (χ2v) is 5.64. The van der Waals surface area contributed by atoms with E-state index in [1.807, 2.05) is 18.2 Å². The van der Waals surface area contributed by atoms with Crippen LogP contribution in [0.25, 0.3) is 10.9 Å². The van der Waals surface area contributed by atoms with Gasteiger partial charge in [-0.3, -0.25) is 0 Å². The van der Waals surface area contributed by atoms with Crippen LogP contribution in [0.3, 0.4) is 0 Å². The van der Waals surface area contributed by atoms with Gasteiger partial charge in [-0.1, -0.05) is 12.1 Å². The summed E-state index contributed by atoms with van der Waals surface area (Å²) in [6.45, 7) is 8.61. The van der Waals surface area contributed by atoms with E-state index in [0.29, 0.717) is 18.8 Å². The molecule has 0 unspecified atom stereocenters. The van der Waals surface area contributed by atoms with Crippen LogP contribution in [0.4, 0.5) is 5.69 Å². The molecule has 0 atom stereocenters. The fraction of sp³-hybridized carbons (Fsp3) is 0.263. The van der Waals surface area contributed by atoms with E-state index in [1.54, 1.807) is 6.08 Å². The van der Waals surface area contributed by atoms with Crippen molar-refractivity contribution in [1.29, 1.82) is 5.26 Å². The third kappa shape index (κ3) is 3.12. The van der Waals surface area contributed by atoms with Crippen LogP contribution >= 0.6 is 0 Å². The van der Waals surface area contributed by atoms with Gasteiger partial charge in [-0.15, -0.1) is 0 Å². The zero-order valence-electron chi connectivity index (χ0n) is 13.0. The van der Waals surface area contributed by atoms with Crippen LogP contribution in [0, 0.1) is 17.9 Å². The molecule has 114 valence electrons. The fourth-order valence-electron chi connectivity index (χ4n) is 2.88. The van der Waals surface area contributed by atoms with Crippen LogP contribution in [-0.4, -0.2) is 20.2 Å². The Morgan fingerprint density at radius 3 is 3.04 bits per heavy atom. The van der Waals surface area contributed by atoms with Gasteiger partial charge in [0.15, 0.2) is 0 Å². The molecule has 0 saturated carbocycles. The van der Waals surface area contributed by atoms with Crippen LogP contribution in [0.15, 0.2) is 47.4 Å². The molecule has 1 aromatic carbocycles. The smallest absolute Gasteiger partial charge is 0.265 e. The quantitative estimate of drug-likeness (QED) is 0.618. The summed E-state index contributed by atoms with van der Waals surface area (Å²) < 4.78 is 5.60. The minimum atomic E-state index is 0.153. The summed E-state index contributed by atoms with van der Waals surface area (Å²) in [5, 5.41) is 8.97. The number of likely N-dealkylation sites (N-methyl/N-ethyl adjacent to an activating group) is 1. The van der Waals surface area contributed by atoms with Crippen LogP contribution in [0.5, 0.6) is 0 Å². The molecule has 3 rings (SSSR count). The predicted molar refractivity (Wildman–Crippen MR) is 90.3 cm³/mol. The molecular formula is C19H17N3O. The molecule has 1 aromatic rings. The highest BCUT2D eigenvalue weighted by atomic mass is 16.5. The molecule has 0 radical (unpaired) electrons. The normalized spacial score (nSPS) is 18.7. The molecule has 0 saturated heterocycles. The molecule has 4 heteroatoms. The minimum Gasteiger partial charge on any atom is -0.493 e. The zero-order chi connectivity index (χ0) is 16.2. The van der Waals surface area contributed by atoms with Gasteiger partial charge in [0, 0.05) is 19.3 Å². The first-order valence-corrected chi connectivity index (χ1v) is 7.58. The van der Waals surface area contributed by atoms with E-state index in [1.165, 1.54) is 11.3 Å². The monoisotopic (exact) mass is 303 g/mol. The summed E-state index contributed by atoms with van der Waals surface area (Å²) in [6.07, 6.45) is 7.39. The van der Waals surface area contributed by atoms with Gasteiger partial charge in [-0.25, -0.2) is 10.1 Å². The molecule has 0 bridgehead atoms. The lowest BCUT2D eigenvalue weighted by Crippen LogP contribution is -2.12. The Balaban J connectivity index is 1.82. The fourth-order valence-corrected chi connectivity index (χ4v) is 2.88. The van der Waals surface area contributed by atoms with Gasteiger partial charge in [0.25, 0.3) is 5.70 Å². The van der Waals surface area contributed by atoms with E-state index in [9.17, 15) is 0 Å². The number of rotatable bonds is 2. The molecule has 2 aliphatic rings. The second-order valence-electron chi connectivity index (χ2n) is 5.64. The molecule has 0 N–H and O–H groups in total. The molecule has 4 nitrogen and oxygen atoms in total. The van der Waals surface area contributed by atoms with Crippen molar-refractivity contribution >= 4 is 11.8 Å². The summed E-state index contributed by atoms with van der Waals surface area (Å²) in [7, 11) is 2.11. The lowest BCUT2D eigenvalue weighted by atomic mass is 10.1. The minimum absolute atomic E-state index is 0.153. The number of hydrogen-bond acceptors (Lipinski definition) is 3. The van der Waals surface area contributed by atoms with Gasteiger partial charge in [0.2, 0.25) is 0 Å². The first kappa shape index (κ1) is 14.9. The first-order valence-electron chi connectivity index (χ1n) is 7.58. The zero-order valence-corrected chi connectivity index (χ0v) is 13.0. The molecule has 23 heavy (non-hydrogen) atoms. The number of allylic oxidation sites excluding steroid dienone is 3. The predicted octanol–water partition coefficient (Wildman–Crippen LogP) is 3.69.